The Bertz CT molecular complexity index is 3520. The van der Waals surface area contributed by atoms with Gasteiger partial charge in [0.2, 0.25) is 0 Å². The predicted molar refractivity (Wildman–Crippen MR) is 271 cm³/mol. The number of imidazole rings is 1. The molecule has 0 aliphatic carbocycles. The van der Waals surface area contributed by atoms with Gasteiger partial charge >= 0.3 is 0 Å². The van der Waals surface area contributed by atoms with E-state index in [9.17, 15) is 5.11 Å². The molecule has 0 fully saturated rings. The van der Waals surface area contributed by atoms with Crippen molar-refractivity contribution in [3.63, 3.8) is 0 Å². The van der Waals surface area contributed by atoms with Crippen LogP contribution in [0.15, 0.2) is 133 Å². The Balaban J connectivity index is 0.00000882. The van der Waals surface area contributed by atoms with Gasteiger partial charge in [-0.2, -0.15) is 0 Å². The van der Waals surface area contributed by atoms with Gasteiger partial charge in [0.25, 0.3) is 0 Å². The molecular formula is C60H64N3OPt-. The van der Waals surface area contributed by atoms with E-state index in [1.807, 2.05) is 48.5 Å². The maximum Gasteiger partial charge on any atom is 0.148 e. The van der Waals surface area contributed by atoms with Crippen LogP contribution in [0.4, 0.5) is 0 Å². The van der Waals surface area contributed by atoms with Crippen molar-refractivity contribution < 1.29 is 44.0 Å². The summed E-state index contributed by atoms with van der Waals surface area (Å²) in [5.41, 5.74) is 5.23. The summed E-state index contributed by atoms with van der Waals surface area (Å²) in [4.78, 5) is 10.2. The van der Waals surface area contributed by atoms with E-state index in [0.717, 1.165) is 50.1 Å². The molecule has 2 heterocycles. The van der Waals surface area contributed by atoms with Gasteiger partial charge in [0, 0.05) is 51.0 Å². The Hall–Kier alpha value is -5.57. The molecule has 0 aliphatic heterocycles. The van der Waals surface area contributed by atoms with Crippen LogP contribution in [-0.2, 0) is 37.3 Å². The number of fused-ring (bicyclic) bond motifs is 1. The molecular weight excluding hydrogens is 974 g/mol. The van der Waals surface area contributed by atoms with E-state index in [2.05, 4.69) is 122 Å². The average Bonchev–Trinajstić information content (AvgIpc) is 3.82. The molecule has 8 rings (SSSR count). The normalized spacial score (nSPS) is 15.8. The van der Waals surface area contributed by atoms with Crippen LogP contribution in [0.3, 0.4) is 0 Å². The van der Waals surface area contributed by atoms with Gasteiger partial charge in [-0.1, -0.05) is 186 Å². The largest absolute Gasteiger partial charge is 0.507 e. The minimum atomic E-state index is -3.81. The van der Waals surface area contributed by atoms with Gasteiger partial charge < -0.3 is 5.11 Å². The molecule has 0 aliphatic rings. The molecule has 0 saturated carbocycles. The maximum atomic E-state index is 12.3. The summed E-state index contributed by atoms with van der Waals surface area (Å²) in [5, 5.41) is 12.3. The third-order valence-corrected chi connectivity index (χ3v) is 11.9. The number of phenols is 1. The van der Waals surface area contributed by atoms with Crippen LogP contribution in [0.25, 0.3) is 72.7 Å². The number of aromatic nitrogens is 3. The number of pyridine rings is 1. The summed E-state index contributed by atoms with van der Waals surface area (Å²) >= 11 is 0. The summed E-state index contributed by atoms with van der Waals surface area (Å²) in [7, 11) is 0. The van der Waals surface area contributed by atoms with Crippen LogP contribution in [0.2, 0.25) is 0 Å². The molecule has 2 aromatic heterocycles. The molecule has 65 heavy (non-hydrogen) atoms. The number of benzene rings is 6. The van der Waals surface area contributed by atoms with E-state index in [1.54, 1.807) is 6.07 Å². The number of rotatable bonds is 8. The SMILES string of the molecule is [2H]c1c([2H])c(C(C([2H])([2H])[2H])(C([2H])([2H])[2H])C([2H])([2H])[2H])c([2H])c([2H])c1-c1ccnc(-c2[c-]c(-c3cccc4c3nc(-c3cc(C(C)C)cc(C(C)C)c3O)n4-c3ccc(-c4ccccc4)c(C(C)(C)C)c3)cc(C(C)(C)C)c2)c1.[Pt]. The van der Waals surface area contributed by atoms with Gasteiger partial charge in [0.15, 0.2) is 0 Å². The van der Waals surface area contributed by atoms with Crippen LogP contribution in [0, 0.1) is 6.07 Å². The Morgan fingerprint density at radius 1 is 0.631 bits per heavy atom. The number of phenolic OH excluding ortho intramolecular Hbond substituents is 1. The summed E-state index contributed by atoms with van der Waals surface area (Å²) in [6, 6.07) is 33.6. The fourth-order valence-corrected chi connectivity index (χ4v) is 8.21. The van der Waals surface area contributed by atoms with Crippen molar-refractivity contribution in [1.82, 2.24) is 14.5 Å². The minimum Gasteiger partial charge on any atom is -0.507 e. The zero-order valence-electron chi connectivity index (χ0n) is 51.7. The standard InChI is InChI=1S/C60H64N3O.Pt/c1-37(2)42-33-50(38(3)4)56(64)51(34-42)57-62-55-49(20-17-21-54(55)63(57)47-26-27-48(40-18-15-14-16-19-40)52(36-47)60(11,12)13)43-30-44(32-46(31-43)59(8,9)10)53-35-41(28-29-61-53)39-22-24-45(25-23-39)58(5,6)7;/h14-29,31-38,64H,1-13H3;/q-1;/i5D3,6D3,7D3,22D,23D,24D,25D;. The van der Waals surface area contributed by atoms with Crippen molar-refractivity contribution in [1.29, 1.82) is 0 Å². The van der Waals surface area contributed by atoms with E-state index in [-0.39, 0.29) is 55.2 Å². The number of para-hydroxylation sites is 1. The Morgan fingerprint density at radius 3 is 1.98 bits per heavy atom. The molecule has 0 atom stereocenters. The van der Waals surface area contributed by atoms with Gasteiger partial charge in [-0.25, -0.2) is 4.98 Å². The summed E-state index contributed by atoms with van der Waals surface area (Å²) in [6.07, 6.45) is 1.42. The minimum absolute atomic E-state index is 0. The van der Waals surface area contributed by atoms with Crippen LogP contribution < -0.4 is 0 Å². The van der Waals surface area contributed by atoms with Gasteiger partial charge in [0.05, 0.1) is 22.1 Å². The first-order valence-electron chi connectivity index (χ1n) is 28.4. The van der Waals surface area contributed by atoms with Crippen molar-refractivity contribution in [2.24, 2.45) is 0 Å². The molecule has 0 spiro atoms. The van der Waals surface area contributed by atoms with E-state index in [0.29, 0.717) is 33.7 Å². The van der Waals surface area contributed by atoms with E-state index >= 15 is 0 Å². The monoisotopic (exact) mass is 1050 g/mol. The first kappa shape index (κ1) is 33.0. The molecule has 0 saturated heterocycles. The second kappa shape index (κ2) is 18.0. The Kier molecular flexibility index (Phi) is 9.14. The van der Waals surface area contributed by atoms with Crippen LogP contribution in [-0.4, -0.2) is 19.6 Å². The van der Waals surface area contributed by atoms with Crippen molar-refractivity contribution in [2.75, 3.05) is 0 Å². The van der Waals surface area contributed by atoms with Crippen molar-refractivity contribution in [3.8, 4) is 67.5 Å². The quantitative estimate of drug-likeness (QED) is 0.154. The van der Waals surface area contributed by atoms with Gasteiger partial charge in [-0.05, 0) is 103 Å². The number of hydrogen-bond acceptors (Lipinski definition) is 3. The third-order valence-electron chi connectivity index (χ3n) is 11.9. The molecule has 1 N–H and O–H groups in total. The second-order valence-electron chi connectivity index (χ2n) is 19.5. The van der Waals surface area contributed by atoms with Crippen molar-refractivity contribution in [3.05, 3.63) is 167 Å². The molecule has 0 unspecified atom stereocenters. The predicted octanol–water partition coefficient (Wildman–Crippen LogP) is 16.4. The van der Waals surface area contributed by atoms with E-state index in [1.165, 1.54) is 12.3 Å². The molecule has 4 nitrogen and oxygen atoms in total. The first-order valence-corrected chi connectivity index (χ1v) is 21.9. The first-order chi connectivity index (χ1) is 35.6. The fourth-order valence-electron chi connectivity index (χ4n) is 8.21. The smallest absolute Gasteiger partial charge is 0.148 e. The summed E-state index contributed by atoms with van der Waals surface area (Å²) in [6.45, 7) is 9.75. The summed E-state index contributed by atoms with van der Waals surface area (Å²) < 4.78 is 113. The second-order valence-corrected chi connectivity index (χ2v) is 19.5. The fraction of sp³-hybridized carbons (Fsp3) is 0.300. The third kappa shape index (κ3) is 9.57. The van der Waals surface area contributed by atoms with Crippen molar-refractivity contribution >= 4 is 11.0 Å². The molecule has 0 radical (unpaired) electrons. The Labute approximate surface area is 420 Å². The van der Waals surface area contributed by atoms with Gasteiger partial charge in [-0.15, -0.1) is 29.3 Å². The molecule has 8 aromatic rings. The molecule has 5 heteroatoms. The molecule has 336 valence electrons. The van der Waals surface area contributed by atoms with Gasteiger partial charge in [-0.3, -0.25) is 9.55 Å². The number of nitrogens with zero attached hydrogens (tertiary/aromatic N) is 3. The van der Waals surface area contributed by atoms with Crippen LogP contribution in [0.5, 0.6) is 5.75 Å². The Morgan fingerprint density at radius 2 is 1.34 bits per heavy atom. The molecule has 6 aromatic carbocycles. The van der Waals surface area contributed by atoms with Crippen LogP contribution in [0.1, 0.15) is 147 Å². The summed E-state index contributed by atoms with van der Waals surface area (Å²) in [5.74, 6) is 0.842. The van der Waals surface area contributed by atoms with E-state index in [4.69, 9.17) is 27.8 Å². The van der Waals surface area contributed by atoms with E-state index < -0.39 is 61.1 Å². The number of aromatic hydroxyl groups is 1. The van der Waals surface area contributed by atoms with Crippen molar-refractivity contribution in [2.45, 2.75) is 118 Å². The topological polar surface area (TPSA) is 50.9 Å². The zero-order valence-corrected chi connectivity index (χ0v) is 40.9. The average molecular weight is 1050 g/mol. The molecule has 0 bridgehead atoms. The zero-order chi connectivity index (χ0) is 56.9. The van der Waals surface area contributed by atoms with Gasteiger partial charge in [0.1, 0.15) is 11.6 Å². The maximum absolute atomic E-state index is 12.3. The molecule has 0 amide bonds. The van der Waals surface area contributed by atoms with Crippen LogP contribution >= 0.6 is 0 Å². The number of hydrogen-bond donors (Lipinski definition) is 1.